The number of carbonyl (C=O) groups excluding carboxylic acids is 1. The Morgan fingerprint density at radius 2 is 2.07 bits per heavy atom. The highest BCUT2D eigenvalue weighted by Gasteiger charge is 2.62. The van der Waals surface area contributed by atoms with E-state index in [1.54, 1.807) is 12.3 Å². The molecule has 154 valence electrons. The van der Waals surface area contributed by atoms with Crippen LogP contribution in [0, 0.1) is 23.6 Å². The molecule has 6 atom stereocenters. The summed E-state index contributed by atoms with van der Waals surface area (Å²) in [4.78, 5) is 16.4. The van der Waals surface area contributed by atoms with E-state index in [1.807, 2.05) is 24.3 Å². The topological polar surface area (TPSA) is 63.8 Å². The summed E-state index contributed by atoms with van der Waals surface area (Å²) in [7, 11) is 0. The van der Waals surface area contributed by atoms with E-state index in [4.69, 9.17) is 9.47 Å². The highest BCUT2D eigenvalue weighted by Crippen LogP contribution is 2.57. The number of hydrogen-bond acceptors (Lipinski definition) is 4. The molecule has 2 aliphatic carbocycles. The number of rotatable bonds is 3. The molecule has 2 saturated carbocycles. The minimum atomic E-state index is -0.457. The van der Waals surface area contributed by atoms with Gasteiger partial charge in [-0.25, -0.2) is 9.18 Å². The van der Waals surface area contributed by atoms with Crippen molar-refractivity contribution in [3.05, 3.63) is 60.2 Å². The Morgan fingerprint density at radius 1 is 1.17 bits per heavy atom. The largest absolute Gasteiger partial charge is 0.440 e. The second kappa shape index (κ2) is 6.64. The highest BCUT2D eigenvalue weighted by atomic mass is 19.1. The molecule has 2 saturated heterocycles. The van der Waals surface area contributed by atoms with Gasteiger partial charge in [0.1, 0.15) is 11.4 Å². The first-order chi connectivity index (χ1) is 14.6. The predicted molar refractivity (Wildman–Crippen MR) is 109 cm³/mol. The summed E-state index contributed by atoms with van der Waals surface area (Å²) >= 11 is 0. The number of epoxide rings is 1. The van der Waals surface area contributed by atoms with Crippen LogP contribution in [-0.2, 0) is 9.47 Å². The fourth-order valence-electron chi connectivity index (χ4n) is 5.81. The van der Waals surface area contributed by atoms with Gasteiger partial charge in [-0.3, -0.25) is 4.98 Å². The van der Waals surface area contributed by atoms with Crippen LogP contribution in [0.25, 0.3) is 17.2 Å². The molecule has 2 aromatic rings. The summed E-state index contributed by atoms with van der Waals surface area (Å²) in [6.07, 6.45) is 9.44. The second-order valence-corrected chi connectivity index (χ2v) is 8.99. The molecule has 6 rings (SSSR count). The van der Waals surface area contributed by atoms with Gasteiger partial charge in [0, 0.05) is 17.7 Å². The monoisotopic (exact) mass is 406 g/mol. The second-order valence-electron chi connectivity index (χ2n) is 8.99. The van der Waals surface area contributed by atoms with E-state index >= 15 is 0 Å². The normalized spacial score (nSPS) is 36.4. The van der Waals surface area contributed by atoms with E-state index in [-0.39, 0.29) is 17.8 Å². The molecule has 1 aromatic carbocycles. The van der Waals surface area contributed by atoms with Crippen molar-refractivity contribution in [2.24, 2.45) is 17.8 Å². The molecule has 1 N–H and O–H groups in total. The summed E-state index contributed by atoms with van der Waals surface area (Å²) in [5.74, 6) is 0.881. The number of fused-ring (bicyclic) bond motifs is 2. The van der Waals surface area contributed by atoms with Crippen LogP contribution in [0.1, 0.15) is 25.0 Å². The van der Waals surface area contributed by atoms with Crippen molar-refractivity contribution in [3.8, 4) is 11.1 Å². The van der Waals surface area contributed by atoms with Crippen molar-refractivity contribution >= 4 is 12.2 Å². The number of alkyl carbamates (subject to hydrolysis) is 1. The number of hydrogen-bond donors (Lipinski definition) is 1. The van der Waals surface area contributed by atoms with Crippen LogP contribution in [-0.4, -0.2) is 35.4 Å². The number of amides is 1. The minimum absolute atomic E-state index is 0.149. The molecule has 3 heterocycles. The number of aromatic nitrogens is 1. The summed E-state index contributed by atoms with van der Waals surface area (Å²) in [5.41, 5.74) is 2.06. The van der Waals surface area contributed by atoms with Gasteiger partial charge in [0.05, 0.1) is 24.4 Å². The molecule has 1 spiro atoms. The Balaban J connectivity index is 1.25. The SMILES string of the molecule is O=C1NCC2(C[C@@H]3C[C@H]4O[C@H]4C[C@H]3[C@@H]2/C=C/c2ccc(-c3cccc(F)c3)cn2)O1. The number of nitrogens with zero attached hydrogens (tertiary/aromatic N) is 1. The first kappa shape index (κ1) is 18.1. The molecule has 2 aliphatic heterocycles. The van der Waals surface area contributed by atoms with Crippen molar-refractivity contribution in [1.82, 2.24) is 10.3 Å². The van der Waals surface area contributed by atoms with Crippen molar-refractivity contribution in [2.45, 2.75) is 37.1 Å². The first-order valence-corrected chi connectivity index (χ1v) is 10.6. The zero-order valence-corrected chi connectivity index (χ0v) is 16.5. The lowest BCUT2D eigenvalue weighted by Crippen LogP contribution is -2.38. The third-order valence-electron chi connectivity index (χ3n) is 7.26. The third-order valence-corrected chi connectivity index (χ3v) is 7.26. The van der Waals surface area contributed by atoms with Gasteiger partial charge < -0.3 is 14.8 Å². The maximum Gasteiger partial charge on any atom is 0.407 e. The van der Waals surface area contributed by atoms with Crippen molar-refractivity contribution in [2.75, 3.05) is 6.54 Å². The summed E-state index contributed by atoms with van der Waals surface area (Å²) in [5, 5.41) is 2.87. The first-order valence-electron chi connectivity index (χ1n) is 10.6. The van der Waals surface area contributed by atoms with Crippen LogP contribution in [0.4, 0.5) is 9.18 Å². The Morgan fingerprint density at radius 3 is 2.83 bits per heavy atom. The van der Waals surface area contributed by atoms with E-state index in [9.17, 15) is 9.18 Å². The van der Waals surface area contributed by atoms with E-state index < -0.39 is 5.60 Å². The van der Waals surface area contributed by atoms with Crippen LogP contribution in [0.15, 0.2) is 48.7 Å². The lowest BCUT2D eigenvalue weighted by molar-refractivity contribution is 0.0313. The van der Waals surface area contributed by atoms with Gasteiger partial charge in [0.15, 0.2) is 0 Å². The van der Waals surface area contributed by atoms with E-state index in [0.29, 0.717) is 30.6 Å². The summed E-state index contributed by atoms with van der Waals surface area (Å²) in [6.45, 7) is 0.565. The smallest absolute Gasteiger partial charge is 0.407 e. The molecule has 6 heteroatoms. The Kier molecular flexibility index (Phi) is 4.00. The molecule has 0 bridgehead atoms. The summed E-state index contributed by atoms with van der Waals surface area (Å²) in [6, 6.07) is 10.4. The third kappa shape index (κ3) is 3.01. The van der Waals surface area contributed by atoms with Gasteiger partial charge in [0.2, 0.25) is 0 Å². The standard InChI is InChI=1S/C24H23FN2O3/c25-17-3-1-2-14(8-17)15-4-5-18(26-12-15)6-7-20-19-10-22-21(29-22)9-16(19)11-24(20)13-27-23(28)30-24/h1-8,12,16,19-22H,9-11,13H2,(H,27,28)/b7-6+/t16-,19+,20-,21+,22-,24?/m0/s1. The Labute approximate surface area is 174 Å². The average molecular weight is 406 g/mol. The fourth-order valence-corrected chi connectivity index (χ4v) is 5.81. The maximum absolute atomic E-state index is 13.5. The number of nitrogens with one attached hydrogen (secondary N) is 1. The lowest BCUT2D eigenvalue weighted by atomic mass is 9.77. The number of pyridine rings is 1. The molecular formula is C24H23FN2O3. The molecule has 1 amide bonds. The molecule has 1 unspecified atom stereocenters. The predicted octanol–water partition coefficient (Wildman–Crippen LogP) is 4.19. The van der Waals surface area contributed by atoms with Crippen LogP contribution < -0.4 is 5.32 Å². The maximum atomic E-state index is 13.5. The zero-order valence-electron chi connectivity index (χ0n) is 16.5. The highest BCUT2D eigenvalue weighted by molar-refractivity contribution is 5.70. The van der Waals surface area contributed by atoms with Gasteiger partial charge in [0.25, 0.3) is 0 Å². The van der Waals surface area contributed by atoms with Crippen LogP contribution in [0.2, 0.25) is 0 Å². The fraction of sp³-hybridized carbons (Fsp3) is 0.417. The molecule has 4 aliphatic rings. The van der Waals surface area contributed by atoms with E-state index in [1.165, 1.54) is 12.1 Å². The van der Waals surface area contributed by atoms with Crippen LogP contribution in [0.5, 0.6) is 0 Å². The molecule has 1 aromatic heterocycles. The Hall–Kier alpha value is -2.73. The van der Waals surface area contributed by atoms with Gasteiger partial charge >= 0.3 is 6.09 Å². The lowest BCUT2D eigenvalue weighted by Gasteiger charge is -2.29. The minimum Gasteiger partial charge on any atom is -0.440 e. The molecule has 30 heavy (non-hydrogen) atoms. The molecular weight excluding hydrogens is 383 g/mol. The summed E-state index contributed by atoms with van der Waals surface area (Å²) < 4.78 is 25.1. The van der Waals surface area contributed by atoms with Gasteiger partial charge in [-0.2, -0.15) is 0 Å². The Bertz CT molecular complexity index is 1020. The number of carbonyl (C=O) groups is 1. The molecule has 0 radical (unpaired) electrons. The van der Waals surface area contributed by atoms with Crippen molar-refractivity contribution in [3.63, 3.8) is 0 Å². The molecule has 5 nitrogen and oxygen atoms in total. The van der Waals surface area contributed by atoms with Crippen LogP contribution in [0.3, 0.4) is 0 Å². The quantitative estimate of drug-likeness (QED) is 0.777. The zero-order chi connectivity index (χ0) is 20.3. The van der Waals surface area contributed by atoms with E-state index in [2.05, 4.69) is 16.4 Å². The average Bonchev–Trinajstić information content (AvgIpc) is 3.31. The van der Waals surface area contributed by atoms with Gasteiger partial charge in [-0.1, -0.05) is 24.3 Å². The number of benzene rings is 1. The van der Waals surface area contributed by atoms with E-state index in [0.717, 1.165) is 36.1 Å². The van der Waals surface area contributed by atoms with Gasteiger partial charge in [-0.05, 0) is 60.9 Å². The van der Waals surface area contributed by atoms with Gasteiger partial charge in [-0.15, -0.1) is 0 Å². The van der Waals surface area contributed by atoms with Crippen LogP contribution >= 0.6 is 0 Å². The van der Waals surface area contributed by atoms with Crippen molar-refractivity contribution in [1.29, 1.82) is 0 Å². The van der Waals surface area contributed by atoms with Crippen molar-refractivity contribution < 1.29 is 18.7 Å². The number of ether oxygens (including phenoxy) is 2. The number of halogens is 1. The molecule has 4 fully saturated rings.